The first-order valence-electron chi connectivity index (χ1n) is 11.9. The third-order valence-corrected chi connectivity index (χ3v) is 7.18. The van der Waals surface area contributed by atoms with Crippen LogP contribution in [0.5, 0.6) is 5.75 Å². The van der Waals surface area contributed by atoms with Gasteiger partial charge in [-0.25, -0.2) is 8.78 Å². The quantitative estimate of drug-likeness (QED) is 0.415. The number of pyridine rings is 1. The van der Waals surface area contributed by atoms with Crippen molar-refractivity contribution in [2.75, 3.05) is 19.7 Å². The van der Waals surface area contributed by atoms with Crippen LogP contribution in [0.15, 0.2) is 24.4 Å². The van der Waals surface area contributed by atoms with Crippen LogP contribution >= 0.6 is 11.6 Å². The standard InChI is InChI=1S/C25H29ClF2N4O/c1-2-13-33-24-20(28)6-5-19(27)22(24)17-7-10-31(11-8-17)15-18-9-12-32-21(14-16-3-4-16)29-30-25(32)23(18)26/h5-6,9,12,16-17H,2-4,7-8,10-11,13-15H2,1H3. The zero-order chi connectivity index (χ0) is 22.9. The summed E-state index contributed by atoms with van der Waals surface area (Å²) >= 11 is 6.70. The van der Waals surface area contributed by atoms with E-state index in [4.69, 9.17) is 16.3 Å². The van der Waals surface area contributed by atoms with Gasteiger partial charge in [-0.05, 0) is 80.8 Å². The monoisotopic (exact) mass is 474 g/mol. The van der Waals surface area contributed by atoms with Gasteiger partial charge < -0.3 is 4.74 Å². The molecule has 0 bridgehead atoms. The summed E-state index contributed by atoms with van der Waals surface area (Å²) < 4.78 is 36.7. The van der Waals surface area contributed by atoms with Crippen molar-refractivity contribution < 1.29 is 13.5 Å². The molecule has 0 spiro atoms. The Labute approximate surface area is 197 Å². The average molecular weight is 475 g/mol. The molecule has 2 aromatic heterocycles. The van der Waals surface area contributed by atoms with Crippen molar-refractivity contribution in [3.05, 3.63) is 58.0 Å². The number of nitrogens with zero attached hydrogens (tertiary/aromatic N) is 4. The summed E-state index contributed by atoms with van der Waals surface area (Å²) in [5.41, 5.74) is 2.10. The number of halogens is 3. The van der Waals surface area contributed by atoms with Gasteiger partial charge in [0.15, 0.2) is 17.2 Å². The highest BCUT2D eigenvalue weighted by Crippen LogP contribution is 2.38. The number of fused-ring (bicyclic) bond motifs is 1. The first-order valence-corrected chi connectivity index (χ1v) is 12.3. The van der Waals surface area contributed by atoms with E-state index in [9.17, 15) is 8.78 Å². The highest BCUT2D eigenvalue weighted by atomic mass is 35.5. The third-order valence-electron chi connectivity index (χ3n) is 6.77. The van der Waals surface area contributed by atoms with Crippen LogP contribution in [-0.4, -0.2) is 39.2 Å². The van der Waals surface area contributed by atoms with Crippen LogP contribution in [0, 0.1) is 17.6 Å². The van der Waals surface area contributed by atoms with Gasteiger partial charge in [0.25, 0.3) is 0 Å². The van der Waals surface area contributed by atoms with E-state index in [1.165, 1.54) is 18.9 Å². The van der Waals surface area contributed by atoms with Gasteiger partial charge in [0.1, 0.15) is 11.6 Å². The van der Waals surface area contributed by atoms with Gasteiger partial charge in [0, 0.05) is 24.7 Å². The molecule has 3 heterocycles. The maximum atomic E-state index is 14.7. The Morgan fingerprint density at radius 3 is 2.55 bits per heavy atom. The summed E-state index contributed by atoms with van der Waals surface area (Å²) in [7, 11) is 0. The van der Waals surface area contributed by atoms with Gasteiger partial charge in [0.05, 0.1) is 11.6 Å². The van der Waals surface area contributed by atoms with Crippen molar-refractivity contribution in [3.63, 3.8) is 0 Å². The van der Waals surface area contributed by atoms with Crippen molar-refractivity contribution in [3.8, 4) is 5.75 Å². The highest BCUT2D eigenvalue weighted by Gasteiger charge is 2.29. The van der Waals surface area contributed by atoms with E-state index in [0.29, 0.717) is 29.4 Å². The van der Waals surface area contributed by atoms with Crippen LogP contribution in [0.4, 0.5) is 8.78 Å². The van der Waals surface area contributed by atoms with Crippen molar-refractivity contribution >= 4 is 17.2 Å². The molecule has 0 N–H and O–H groups in total. The Kier molecular flexibility index (Phi) is 6.52. The van der Waals surface area contributed by atoms with Crippen LogP contribution in [0.3, 0.4) is 0 Å². The summed E-state index contributed by atoms with van der Waals surface area (Å²) in [5, 5.41) is 9.32. The number of ether oxygens (including phenoxy) is 1. The van der Waals surface area contributed by atoms with Crippen molar-refractivity contribution in [1.29, 1.82) is 0 Å². The fourth-order valence-electron chi connectivity index (χ4n) is 4.75. The Morgan fingerprint density at radius 1 is 1.06 bits per heavy atom. The van der Waals surface area contributed by atoms with Gasteiger partial charge in [-0.3, -0.25) is 9.30 Å². The molecule has 2 fully saturated rings. The maximum absolute atomic E-state index is 14.7. The molecule has 33 heavy (non-hydrogen) atoms. The lowest BCUT2D eigenvalue weighted by Crippen LogP contribution is -2.33. The predicted octanol–water partition coefficient (Wildman–Crippen LogP) is 5.78. The average Bonchev–Trinajstić information content (AvgIpc) is 3.55. The molecule has 176 valence electrons. The second-order valence-electron chi connectivity index (χ2n) is 9.28. The molecular weight excluding hydrogens is 446 g/mol. The number of rotatable bonds is 8. The summed E-state index contributed by atoms with van der Waals surface area (Å²) in [6.45, 7) is 4.56. The second kappa shape index (κ2) is 9.55. The zero-order valence-electron chi connectivity index (χ0n) is 18.9. The van der Waals surface area contributed by atoms with E-state index < -0.39 is 5.82 Å². The highest BCUT2D eigenvalue weighted by molar-refractivity contribution is 6.34. The lowest BCUT2D eigenvalue weighted by molar-refractivity contribution is 0.199. The molecule has 0 unspecified atom stereocenters. The Hall–Kier alpha value is -2.25. The number of hydrogen-bond donors (Lipinski definition) is 0. The molecule has 1 aromatic carbocycles. The van der Waals surface area contributed by atoms with E-state index in [1.54, 1.807) is 0 Å². The SMILES string of the molecule is CCCOc1c(F)ccc(F)c1C1CCN(Cc2ccn3c(CC4CC4)nnc3c2Cl)CC1. The van der Waals surface area contributed by atoms with Crippen LogP contribution < -0.4 is 4.74 Å². The molecule has 3 aromatic rings. The summed E-state index contributed by atoms with van der Waals surface area (Å²) in [6, 6.07) is 4.41. The number of likely N-dealkylation sites (tertiary alicyclic amines) is 1. The minimum Gasteiger partial charge on any atom is -0.490 e. The third kappa shape index (κ3) is 4.71. The summed E-state index contributed by atoms with van der Waals surface area (Å²) in [4.78, 5) is 2.31. The largest absolute Gasteiger partial charge is 0.490 e. The normalized spacial score (nSPS) is 17.7. The first-order chi connectivity index (χ1) is 16.0. The lowest BCUT2D eigenvalue weighted by Gasteiger charge is -2.33. The number of benzene rings is 1. The molecule has 5 nitrogen and oxygen atoms in total. The van der Waals surface area contributed by atoms with Gasteiger partial charge in [-0.1, -0.05) is 18.5 Å². The Balaban J connectivity index is 1.27. The maximum Gasteiger partial charge on any atom is 0.179 e. The summed E-state index contributed by atoms with van der Waals surface area (Å²) in [5.74, 6) is 0.841. The molecule has 0 atom stereocenters. The Morgan fingerprint density at radius 2 is 1.82 bits per heavy atom. The van der Waals surface area contributed by atoms with E-state index in [2.05, 4.69) is 15.1 Å². The lowest BCUT2D eigenvalue weighted by atomic mass is 9.88. The molecule has 1 saturated carbocycles. The molecule has 2 aliphatic rings. The predicted molar refractivity (Wildman–Crippen MR) is 124 cm³/mol. The minimum absolute atomic E-state index is 0.0664. The van der Waals surface area contributed by atoms with Crippen molar-refractivity contribution in [1.82, 2.24) is 19.5 Å². The molecule has 5 rings (SSSR count). The first kappa shape index (κ1) is 22.5. The summed E-state index contributed by atoms with van der Waals surface area (Å²) in [6.07, 6.45) is 7.71. The fourth-order valence-corrected chi connectivity index (χ4v) is 5.01. The van der Waals surface area contributed by atoms with Crippen molar-refractivity contribution in [2.24, 2.45) is 5.92 Å². The molecule has 0 amide bonds. The van der Waals surface area contributed by atoms with Gasteiger partial charge in [-0.2, -0.15) is 0 Å². The van der Waals surface area contributed by atoms with Gasteiger partial charge in [-0.15, -0.1) is 10.2 Å². The molecule has 1 aliphatic heterocycles. The van der Waals surface area contributed by atoms with Crippen LogP contribution in [-0.2, 0) is 13.0 Å². The van der Waals surface area contributed by atoms with E-state index in [1.807, 2.05) is 23.6 Å². The van der Waals surface area contributed by atoms with Crippen LogP contribution in [0.25, 0.3) is 5.65 Å². The molecule has 1 aliphatic carbocycles. The second-order valence-corrected chi connectivity index (χ2v) is 9.66. The molecule has 1 saturated heterocycles. The van der Waals surface area contributed by atoms with Gasteiger partial charge >= 0.3 is 0 Å². The van der Waals surface area contributed by atoms with E-state index >= 15 is 0 Å². The minimum atomic E-state index is -0.489. The number of piperidine rings is 1. The van der Waals surface area contributed by atoms with E-state index in [-0.39, 0.29) is 17.5 Å². The fraction of sp³-hybridized carbons (Fsp3) is 0.520. The van der Waals surface area contributed by atoms with Gasteiger partial charge in [0.2, 0.25) is 0 Å². The topological polar surface area (TPSA) is 42.7 Å². The molecule has 8 heteroatoms. The van der Waals surface area contributed by atoms with E-state index in [0.717, 1.165) is 62.1 Å². The zero-order valence-corrected chi connectivity index (χ0v) is 19.6. The molecular formula is C25H29ClF2N4O. The van der Waals surface area contributed by atoms with Crippen LogP contribution in [0.2, 0.25) is 5.02 Å². The Bertz CT molecular complexity index is 1140. The number of hydrogen-bond acceptors (Lipinski definition) is 4. The number of aromatic nitrogens is 3. The van der Waals surface area contributed by atoms with Crippen LogP contribution in [0.1, 0.15) is 61.9 Å². The van der Waals surface area contributed by atoms with Crippen molar-refractivity contribution in [2.45, 2.75) is 57.9 Å². The smallest absolute Gasteiger partial charge is 0.179 e. The molecule has 0 radical (unpaired) electrons.